The highest BCUT2D eigenvalue weighted by Crippen LogP contribution is 2.24. The predicted octanol–water partition coefficient (Wildman–Crippen LogP) is 5.28. The molecule has 3 rings (SSSR count). The van der Waals surface area contributed by atoms with Crippen molar-refractivity contribution < 1.29 is 18.0 Å². The minimum atomic E-state index is -3.83. The van der Waals surface area contributed by atoms with Crippen LogP contribution in [-0.4, -0.2) is 50.0 Å². The number of aryl methyl sites for hydroxylation is 2. The molecule has 7 nitrogen and oxygen atoms in total. The predicted molar refractivity (Wildman–Crippen MR) is 162 cm³/mol. The second-order valence-electron chi connectivity index (χ2n) is 10.3. The Balaban J connectivity index is 2.09. The van der Waals surface area contributed by atoms with E-state index in [1.165, 1.54) is 4.90 Å². The smallest absolute Gasteiger partial charge is 0.244 e. The molecule has 3 aromatic rings. The molecule has 0 fully saturated rings. The monoisotopic (exact) mass is 583 g/mol. The highest BCUT2D eigenvalue weighted by molar-refractivity contribution is 7.92. The number of nitrogens with one attached hydrogen (secondary N) is 1. The molecule has 0 heterocycles. The van der Waals surface area contributed by atoms with E-state index in [0.29, 0.717) is 16.3 Å². The van der Waals surface area contributed by atoms with Crippen molar-refractivity contribution in [2.45, 2.75) is 59.2 Å². The SMILES string of the molecule is CC[C@H](C)NC(=O)[C@@H](Cc1ccccc1)N(Cc1ccccc1Cl)C(=O)CN(c1cc(C)cc(C)c1)S(C)(=O)=O. The summed E-state index contributed by atoms with van der Waals surface area (Å²) in [6, 6.07) is 21.0. The molecular weight excluding hydrogens is 546 g/mol. The summed E-state index contributed by atoms with van der Waals surface area (Å²) in [4.78, 5) is 29.3. The number of hydrogen-bond donors (Lipinski definition) is 1. The van der Waals surface area contributed by atoms with Crippen molar-refractivity contribution in [2.24, 2.45) is 0 Å². The van der Waals surface area contributed by atoms with Crippen molar-refractivity contribution in [3.63, 3.8) is 0 Å². The van der Waals surface area contributed by atoms with Crippen LogP contribution in [0.4, 0.5) is 5.69 Å². The van der Waals surface area contributed by atoms with Crippen molar-refractivity contribution in [1.29, 1.82) is 0 Å². The maximum Gasteiger partial charge on any atom is 0.244 e. The third kappa shape index (κ3) is 8.57. The first kappa shape index (κ1) is 31.2. The van der Waals surface area contributed by atoms with Crippen LogP contribution in [0.5, 0.6) is 0 Å². The maximum atomic E-state index is 14.1. The summed E-state index contributed by atoms with van der Waals surface area (Å²) in [6.45, 7) is 7.19. The number of rotatable bonds is 12. The number of hydrogen-bond acceptors (Lipinski definition) is 4. The zero-order valence-electron chi connectivity index (χ0n) is 23.7. The van der Waals surface area contributed by atoms with Gasteiger partial charge in [0, 0.05) is 24.0 Å². The Bertz CT molecular complexity index is 1410. The fraction of sp³-hybridized carbons (Fsp3) is 0.355. The topological polar surface area (TPSA) is 86.8 Å². The van der Waals surface area contributed by atoms with Crippen LogP contribution in [0.2, 0.25) is 5.02 Å². The summed E-state index contributed by atoms with van der Waals surface area (Å²) in [5.41, 5.74) is 3.68. The van der Waals surface area contributed by atoms with E-state index in [1.807, 2.05) is 70.2 Å². The van der Waals surface area contributed by atoms with Gasteiger partial charge in [0.2, 0.25) is 21.8 Å². The van der Waals surface area contributed by atoms with Crippen LogP contribution in [0, 0.1) is 13.8 Å². The number of nitrogens with zero attached hydrogens (tertiary/aromatic N) is 2. The van der Waals surface area contributed by atoms with Crippen LogP contribution in [-0.2, 0) is 32.6 Å². The summed E-state index contributed by atoms with van der Waals surface area (Å²) < 4.78 is 27.0. The van der Waals surface area contributed by atoms with E-state index < -0.39 is 28.5 Å². The van der Waals surface area contributed by atoms with Gasteiger partial charge in [-0.05, 0) is 67.6 Å². The Morgan fingerprint density at radius 3 is 2.12 bits per heavy atom. The molecule has 3 aromatic carbocycles. The molecular formula is C31H38ClN3O4S. The lowest BCUT2D eigenvalue weighted by Crippen LogP contribution is -2.54. The van der Waals surface area contributed by atoms with E-state index in [4.69, 9.17) is 11.6 Å². The van der Waals surface area contributed by atoms with Crippen LogP contribution in [0.25, 0.3) is 0 Å². The van der Waals surface area contributed by atoms with E-state index in [1.54, 1.807) is 30.3 Å². The summed E-state index contributed by atoms with van der Waals surface area (Å²) >= 11 is 6.49. The molecule has 0 unspecified atom stereocenters. The number of amides is 2. The van der Waals surface area contributed by atoms with E-state index >= 15 is 0 Å². The van der Waals surface area contributed by atoms with Crippen LogP contribution in [0.1, 0.15) is 42.5 Å². The highest BCUT2D eigenvalue weighted by atomic mass is 35.5. The molecule has 2 atom stereocenters. The zero-order chi connectivity index (χ0) is 29.4. The minimum Gasteiger partial charge on any atom is -0.352 e. The Morgan fingerprint density at radius 1 is 0.950 bits per heavy atom. The summed E-state index contributed by atoms with van der Waals surface area (Å²) in [5.74, 6) is -0.819. The third-order valence-corrected chi connectivity index (χ3v) is 8.25. The number of sulfonamides is 1. The summed E-state index contributed by atoms with van der Waals surface area (Å²) in [5, 5.41) is 3.47. The quantitative estimate of drug-likeness (QED) is 0.314. The van der Waals surface area contributed by atoms with Gasteiger partial charge in [0.1, 0.15) is 12.6 Å². The normalized spacial score (nSPS) is 12.8. The van der Waals surface area contributed by atoms with Crippen molar-refractivity contribution in [3.8, 4) is 0 Å². The number of carbonyl (C=O) groups is 2. The molecule has 40 heavy (non-hydrogen) atoms. The molecule has 0 aromatic heterocycles. The maximum absolute atomic E-state index is 14.1. The Kier molecular flexibility index (Phi) is 10.8. The highest BCUT2D eigenvalue weighted by Gasteiger charge is 2.33. The molecule has 0 aliphatic heterocycles. The first-order chi connectivity index (χ1) is 18.9. The Labute approximate surface area is 243 Å². The molecule has 0 aliphatic carbocycles. The summed E-state index contributed by atoms with van der Waals surface area (Å²) in [6.07, 6.45) is 2.05. The average molecular weight is 584 g/mol. The van der Waals surface area contributed by atoms with Gasteiger partial charge in [-0.15, -0.1) is 0 Å². The zero-order valence-corrected chi connectivity index (χ0v) is 25.3. The fourth-order valence-corrected chi connectivity index (χ4v) is 5.54. The van der Waals surface area contributed by atoms with Crippen molar-refractivity contribution >= 4 is 39.1 Å². The van der Waals surface area contributed by atoms with Crippen molar-refractivity contribution in [2.75, 3.05) is 17.1 Å². The molecule has 2 amide bonds. The largest absolute Gasteiger partial charge is 0.352 e. The van der Waals surface area contributed by atoms with Gasteiger partial charge in [0.05, 0.1) is 11.9 Å². The second kappa shape index (κ2) is 13.8. The lowest BCUT2D eigenvalue weighted by molar-refractivity contribution is -0.140. The van der Waals surface area contributed by atoms with Crippen LogP contribution in [0.15, 0.2) is 72.8 Å². The van der Waals surface area contributed by atoms with Crippen molar-refractivity contribution in [1.82, 2.24) is 10.2 Å². The second-order valence-corrected chi connectivity index (χ2v) is 12.6. The molecule has 0 saturated carbocycles. The number of halogens is 1. The average Bonchev–Trinajstić information content (AvgIpc) is 2.89. The van der Waals surface area contributed by atoms with Gasteiger partial charge in [-0.2, -0.15) is 0 Å². The molecule has 0 radical (unpaired) electrons. The van der Waals surface area contributed by atoms with Gasteiger partial charge in [-0.1, -0.05) is 73.1 Å². The number of benzene rings is 3. The summed E-state index contributed by atoms with van der Waals surface area (Å²) in [7, 11) is -3.83. The Morgan fingerprint density at radius 2 is 1.55 bits per heavy atom. The van der Waals surface area contributed by atoms with Gasteiger partial charge in [0.25, 0.3) is 0 Å². The molecule has 9 heteroatoms. The van der Waals surface area contributed by atoms with E-state index in [2.05, 4.69) is 5.32 Å². The molecule has 0 saturated heterocycles. The van der Waals surface area contributed by atoms with Gasteiger partial charge in [-0.25, -0.2) is 8.42 Å². The molecule has 0 spiro atoms. The molecule has 1 N–H and O–H groups in total. The fourth-order valence-electron chi connectivity index (χ4n) is 4.51. The van der Waals surface area contributed by atoms with Gasteiger partial charge < -0.3 is 10.2 Å². The van der Waals surface area contributed by atoms with Crippen molar-refractivity contribution in [3.05, 3.63) is 100 Å². The number of anilines is 1. The van der Waals surface area contributed by atoms with Crippen LogP contribution >= 0.6 is 11.6 Å². The van der Waals surface area contributed by atoms with E-state index in [-0.39, 0.29) is 24.9 Å². The van der Waals surface area contributed by atoms with E-state index in [9.17, 15) is 18.0 Å². The van der Waals surface area contributed by atoms with E-state index in [0.717, 1.165) is 33.7 Å². The lowest BCUT2D eigenvalue weighted by atomic mass is 10.0. The first-order valence-electron chi connectivity index (χ1n) is 13.3. The first-order valence-corrected chi connectivity index (χ1v) is 15.5. The lowest BCUT2D eigenvalue weighted by Gasteiger charge is -2.34. The molecule has 214 valence electrons. The third-order valence-electron chi connectivity index (χ3n) is 6.74. The standard InChI is InChI=1S/C31H38ClN3O4S/c1-6-24(4)33-31(37)29(19-25-12-8-7-9-13-25)34(20-26-14-10-11-15-28(26)32)30(36)21-35(40(5,38)39)27-17-22(2)16-23(3)18-27/h7-18,24,29H,6,19-21H2,1-5H3,(H,33,37)/t24-,29+/m0/s1. The van der Waals surface area contributed by atoms with Gasteiger partial charge in [0.15, 0.2) is 0 Å². The number of carbonyl (C=O) groups excluding carboxylic acids is 2. The van der Waals surface area contributed by atoms with Crippen LogP contribution in [0.3, 0.4) is 0 Å². The van der Waals surface area contributed by atoms with Crippen LogP contribution < -0.4 is 9.62 Å². The Hall–Kier alpha value is -3.36. The van der Waals surface area contributed by atoms with Gasteiger partial charge >= 0.3 is 0 Å². The minimum absolute atomic E-state index is 0.0361. The molecule has 0 bridgehead atoms. The van der Waals surface area contributed by atoms with Gasteiger partial charge in [-0.3, -0.25) is 13.9 Å². The molecule has 0 aliphatic rings.